The summed E-state index contributed by atoms with van der Waals surface area (Å²) in [6.07, 6.45) is 3.77. The molecule has 0 N–H and O–H groups in total. The van der Waals surface area contributed by atoms with E-state index in [1.54, 1.807) is 6.07 Å². The van der Waals surface area contributed by atoms with E-state index >= 15 is 0 Å². The van der Waals surface area contributed by atoms with E-state index in [1.165, 1.54) is 19.3 Å². The molecule has 3 heteroatoms. The van der Waals surface area contributed by atoms with E-state index in [9.17, 15) is 0 Å². The van der Waals surface area contributed by atoms with Gasteiger partial charge in [0.15, 0.2) is 0 Å². The van der Waals surface area contributed by atoms with E-state index in [0.717, 1.165) is 18.8 Å². The minimum absolute atomic E-state index is 0.748. The summed E-state index contributed by atoms with van der Waals surface area (Å²) in [6.45, 7) is 2.06. The van der Waals surface area contributed by atoms with Crippen molar-refractivity contribution in [2.75, 3.05) is 13.1 Å². The van der Waals surface area contributed by atoms with Crippen molar-refractivity contribution in [3.8, 4) is 0 Å². The van der Waals surface area contributed by atoms with E-state index in [0.29, 0.717) is 0 Å². The van der Waals surface area contributed by atoms with E-state index in [-0.39, 0.29) is 0 Å². The maximum Gasteiger partial charge on any atom is 0.137 e. The summed E-state index contributed by atoms with van der Waals surface area (Å²) < 4.78 is 0. The Morgan fingerprint density at radius 2 is 2.07 bits per heavy atom. The molecular formula is C11H13N3. The monoisotopic (exact) mass is 187 g/mol. The number of hydrogen-bond acceptors (Lipinski definition) is 2. The SMILES string of the molecule is c1cccc(N=NN2CCCCC2)c#1. The highest BCUT2D eigenvalue weighted by Crippen LogP contribution is 2.12. The lowest BCUT2D eigenvalue weighted by atomic mass is 10.2. The van der Waals surface area contributed by atoms with Gasteiger partial charge < -0.3 is 0 Å². The summed E-state index contributed by atoms with van der Waals surface area (Å²) in [7, 11) is 0. The van der Waals surface area contributed by atoms with Gasteiger partial charge >= 0.3 is 0 Å². The lowest BCUT2D eigenvalue weighted by molar-refractivity contribution is 0.224. The van der Waals surface area contributed by atoms with Crippen molar-refractivity contribution in [3.63, 3.8) is 0 Å². The molecule has 1 aromatic rings. The van der Waals surface area contributed by atoms with Crippen LogP contribution in [0.5, 0.6) is 0 Å². The minimum atomic E-state index is 0.748. The fourth-order valence-electron chi connectivity index (χ4n) is 1.48. The van der Waals surface area contributed by atoms with Gasteiger partial charge in [-0.05, 0) is 37.5 Å². The number of rotatable bonds is 2. The van der Waals surface area contributed by atoms with Crippen LogP contribution in [0.4, 0.5) is 5.69 Å². The van der Waals surface area contributed by atoms with Crippen molar-refractivity contribution in [1.29, 1.82) is 0 Å². The molecule has 1 fully saturated rings. The van der Waals surface area contributed by atoms with Gasteiger partial charge in [-0.1, -0.05) is 17.4 Å². The van der Waals surface area contributed by atoms with Crippen LogP contribution in [0.25, 0.3) is 0 Å². The van der Waals surface area contributed by atoms with Crippen LogP contribution < -0.4 is 0 Å². The third-order valence-corrected chi connectivity index (χ3v) is 2.25. The Morgan fingerprint density at radius 3 is 2.79 bits per heavy atom. The van der Waals surface area contributed by atoms with Gasteiger partial charge in [-0.2, -0.15) is 0 Å². The smallest absolute Gasteiger partial charge is 0.137 e. The second-order valence-electron chi connectivity index (χ2n) is 3.38. The molecule has 14 heavy (non-hydrogen) atoms. The zero-order valence-electron chi connectivity index (χ0n) is 8.11. The van der Waals surface area contributed by atoms with Gasteiger partial charge in [0.05, 0.1) is 0 Å². The van der Waals surface area contributed by atoms with Gasteiger partial charge in [0.25, 0.3) is 0 Å². The molecule has 0 saturated carbocycles. The molecule has 3 nitrogen and oxygen atoms in total. The van der Waals surface area contributed by atoms with E-state index in [4.69, 9.17) is 0 Å². The van der Waals surface area contributed by atoms with Crippen molar-refractivity contribution < 1.29 is 0 Å². The topological polar surface area (TPSA) is 28.0 Å². The maximum absolute atomic E-state index is 4.16. The van der Waals surface area contributed by atoms with Crippen LogP contribution in [-0.2, 0) is 0 Å². The molecule has 0 atom stereocenters. The molecule has 72 valence electrons. The molecule has 1 aromatic carbocycles. The number of nitrogens with zero attached hydrogens (tertiary/aromatic N) is 3. The molecule has 1 aliphatic heterocycles. The molecule has 0 aliphatic carbocycles. The van der Waals surface area contributed by atoms with E-state index in [1.807, 2.05) is 17.1 Å². The van der Waals surface area contributed by atoms with Gasteiger partial charge in [-0.15, -0.1) is 5.11 Å². The highest BCUT2D eigenvalue weighted by atomic mass is 15.5. The summed E-state index contributed by atoms with van der Waals surface area (Å²) in [5, 5.41) is 10.3. The predicted octanol–water partition coefficient (Wildman–Crippen LogP) is 2.77. The van der Waals surface area contributed by atoms with Gasteiger partial charge in [0, 0.05) is 13.1 Å². The predicted molar refractivity (Wildman–Crippen MR) is 54.1 cm³/mol. The lowest BCUT2D eigenvalue weighted by Gasteiger charge is -2.21. The molecule has 1 heterocycles. The lowest BCUT2D eigenvalue weighted by Crippen LogP contribution is -2.23. The minimum Gasteiger partial charge on any atom is -0.278 e. The molecule has 2 rings (SSSR count). The summed E-state index contributed by atoms with van der Waals surface area (Å²) in [5.41, 5.74) is 0.748. The molecule has 0 aromatic heterocycles. The van der Waals surface area contributed by atoms with Crippen molar-refractivity contribution >= 4 is 5.69 Å². The Kier molecular flexibility index (Phi) is 2.97. The first-order valence-corrected chi connectivity index (χ1v) is 5.00. The third kappa shape index (κ3) is 2.46. The van der Waals surface area contributed by atoms with Gasteiger partial charge in [-0.25, -0.2) is 0 Å². The fourth-order valence-corrected chi connectivity index (χ4v) is 1.48. The van der Waals surface area contributed by atoms with Gasteiger partial charge in [-0.3, -0.25) is 5.01 Å². The molecule has 0 radical (unpaired) electrons. The number of piperidine rings is 1. The zero-order chi connectivity index (χ0) is 9.64. The number of hydrogen-bond donors (Lipinski definition) is 0. The van der Waals surface area contributed by atoms with Crippen molar-refractivity contribution in [1.82, 2.24) is 5.01 Å². The quantitative estimate of drug-likeness (QED) is 0.654. The maximum atomic E-state index is 4.16. The molecule has 0 amide bonds. The molecule has 0 unspecified atom stereocenters. The average molecular weight is 187 g/mol. The van der Waals surface area contributed by atoms with Crippen LogP contribution in [-0.4, -0.2) is 18.1 Å². The van der Waals surface area contributed by atoms with Crippen LogP contribution in [0.2, 0.25) is 0 Å². The summed E-state index contributed by atoms with van der Waals surface area (Å²) in [6, 6.07) is 11.3. The largest absolute Gasteiger partial charge is 0.278 e. The van der Waals surface area contributed by atoms with Gasteiger partial charge in [0.1, 0.15) is 5.69 Å². The molecular weight excluding hydrogens is 174 g/mol. The van der Waals surface area contributed by atoms with Crippen LogP contribution in [0.3, 0.4) is 0 Å². The molecule has 1 saturated heterocycles. The first kappa shape index (κ1) is 9.01. The Morgan fingerprint density at radius 1 is 1.21 bits per heavy atom. The Balaban J connectivity index is 1.93. The van der Waals surface area contributed by atoms with E-state index in [2.05, 4.69) is 22.5 Å². The summed E-state index contributed by atoms with van der Waals surface area (Å²) in [5.74, 6) is 0. The first-order valence-electron chi connectivity index (χ1n) is 5.00. The Hall–Kier alpha value is -1.56. The summed E-state index contributed by atoms with van der Waals surface area (Å²) >= 11 is 0. The molecule has 0 bridgehead atoms. The second-order valence-corrected chi connectivity index (χ2v) is 3.38. The van der Waals surface area contributed by atoms with Gasteiger partial charge in [0.2, 0.25) is 0 Å². The summed E-state index contributed by atoms with van der Waals surface area (Å²) in [4.78, 5) is 0. The van der Waals surface area contributed by atoms with Crippen molar-refractivity contribution in [2.24, 2.45) is 10.3 Å². The Labute approximate surface area is 84.4 Å². The molecule has 0 spiro atoms. The third-order valence-electron chi connectivity index (χ3n) is 2.25. The normalized spacial score (nSPS) is 17.0. The van der Waals surface area contributed by atoms with E-state index < -0.39 is 0 Å². The van der Waals surface area contributed by atoms with Crippen LogP contribution in [0, 0.1) is 12.1 Å². The highest BCUT2D eigenvalue weighted by molar-refractivity contribution is 5.29. The standard InChI is InChI=1S/C11H13N3/c1-3-7-11(8-4-1)12-13-14-9-5-2-6-10-14/h1,3,7H,2,5-6,9-10H2. The first-order chi connectivity index (χ1) is 6.95. The van der Waals surface area contributed by atoms with Crippen LogP contribution in [0.15, 0.2) is 28.5 Å². The molecule has 1 aliphatic rings. The van der Waals surface area contributed by atoms with Crippen molar-refractivity contribution in [2.45, 2.75) is 19.3 Å². The second kappa shape index (κ2) is 4.61. The average Bonchev–Trinajstić information content (AvgIpc) is 2.29. The van der Waals surface area contributed by atoms with Crippen LogP contribution >= 0.6 is 0 Å². The highest BCUT2D eigenvalue weighted by Gasteiger charge is 2.06. The zero-order valence-corrected chi connectivity index (χ0v) is 8.11. The van der Waals surface area contributed by atoms with Crippen molar-refractivity contribution in [3.05, 3.63) is 30.3 Å². The van der Waals surface area contributed by atoms with Crippen LogP contribution in [0.1, 0.15) is 19.3 Å². The Bertz CT molecular complexity index is 289. The fraction of sp³-hybridized carbons (Fsp3) is 0.455.